The fourth-order valence-corrected chi connectivity index (χ4v) is 1.53. The van der Waals surface area contributed by atoms with Crippen molar-refractivity contribution in [2.75, 3.05) is 20.3 Å². The van der Waals surface area contributed by atoms with Crippen molar-refractivity contribution in [3.8, 4) is 5.88 Å². The number of aliphatic hydroxyl groups excluding tert-OH is 1. The lowest BCUT2D eigenvalue weighted by Crippen LogP contribution is -2.32. The Morgan fingerprint density at radius 1 is 1.42 bits per heavy atom. The Kier molecular flexibility index (Phi) is 5.76. The number of carbonyl (C=O) groups excluding carboxylic acids is 1. The van der Waals surface area contributed by atoms with E-state index in [-0.39, 0.29) is 19.2 Å². The lowest BCUT2D eigenvalue weighted by Gasteiger charge is -2.21. The minimum atomic E-state index is -0.711. The lowest BCUT2D eigenvalue weighted by molar-refractivity contribution is -0.152. The zero-order valence-corrected chi connectivity index (χ0v) is 11.7. The Balaban J connectivity index is 2.60. The molecule has 0 bridgehead atoms. The van der Waals surface area contributed by atoms with E-state index >= 15 is 0 Å². The molecule has 19 heavy (non-hydrogen) atoms. The summed E-state index contributed by atoms with van der Waals surface area (Å²) < 4.78 is 10.3. The molecule has 0 aliphatic heterocycles. The van der Waals surface area contributed by atoms with Crippen molar-refractivity contribution < 1.29 is 19.4 Å². The van der Waals surface area contributed by atoms with E-state index in [9.17, 15) is 4.79 Å². The highest BCUT2D eigenvalue weighted by Gasteiger charge is 2.29. The van der Waals surface area contributed by atoms with E-state index in [0.717, 1.165) is 5.69 Å². The van der Waals surface area contributed by atoms with Crippen LogP contribution in [0.15, 0.2) is 18.2 Å². The summed E-state index contributed by atoms with van der Waals surface area (Å²) in [5.74, 6) is 0.163. The molecule has 1 N–H and O–H groups in total. The summed E-state index contributed by atoms with van der Waals surface area (Å²) in [6.45, 7) is 3.86. The smallest absolute Gasteiger partial charge is 0.314 e. The molecular formula is C14H21NO4. The van der Waals surface area contributed by atoms with Gasteiger partial charge in [-0.05, 0) is 32.8 Å². The van der Waals surface area contributed by atoms with Crippen LogP contribution in [0.3, 0.4) is 0 Å². The van der Waals surface area contributed by atoms with Crippen molar-refractivity contribution in [2.24, 2.45) is 5.41 Å². The van der Waals surface area contributed by atoms with Crippen LogP contribution in [0, 0.1) is 5.41 Å². The van der Waals surface area contributed by atoms with Crippen LogP contribution < -0.4 is 4.74 Å². The molecule has 0 amide bonds. The molecule has 1 aromatic rings. The van der Waals surface area contributed by atoms with E-state index in [2.05, 4.69) is 4.98 Å². The van der Waals surface area contributed by atoms with Crippen LogP contribution in [-0.2, 0) is 16.0 Å². The third-order valence-electron chi connectivity index (χ3n) is 2.69. The fourth-order valence-electron chi connectivity index (χ4n) is 1.53. The second kappa shape index (κ2) is 7.09. The van der Waals surface area contributed by atoms with Crippen LogP contribution in [0.1, 0.15) is 26.0 Å². The van der Waals surface area contributed by atoms with E-state index in [1.165, 1.54) is 7.11 Å². The fraction of sp³-hybridized carbons (Fsp3) is 0.571. The van der Waals surface area contributed by atoms with Crippen molar-refractivity contribution in [1.82, 2.24) is 4.98 Å². The first-order valence-corrected chi connectivity index (χ1v) is 6.27. The van der Waals surface area contributed by atoms with Crippen LogP contribution in [0.25, 0.3) is 0 Å². The molecule has 0 aliphatic rings. The van der Waals surface area contributed by atoms with Gasteiger partial charge in [0.2, 0.25) is 5.88 Å². The molecule has 1 rings (SSSR count). The molecule has 0 spiro atoms. The number of hydrogen-bond donors (Lipinski definition) is 1. The maximum atomic E-state index is 11.5. The Bertz CT molecular complexity index is 418. The van der Waals surface area contributed by atoms with Gasteiger partial charge in [-0.15, -0.1) is 0 Å². The summed E-state index contributed by atoms with van der Waals surface area (Å²) in [6.07, 6.45) is 1.37. The third-order valence-corrected chi connectivity index (χ3v) is 2.69. The second-order valence-corrected chi connectivity index (χ2v) is 4.96. The first-order valence-electron chi connectivity index (χ1n) is 6.27. The molecule has 1 aromatic heterocycles. The molecule has 0 saturated heterocycles. The Labute approximate surface area is 113 Å². The monoisotopic (exact) mass is 267 g/mol. The van der Waals surface area contributed by atoms with Crippen LogP contribution in [-0.4, -0.2) is 36.4 Å². The molecule has 5 heteroatoms. The molecule has 0 aliphatic carbocycles. The molecule has 0 radical (unpaired) electrons. The number of aliphatic hydroxyl groups is 1. The largest absolute Gasteiger partial charge is 0.476 e. The number of ether oxygens (including phenoxy) is 2. The number of rotatable bonds is 7. The summed E-state index contributed by atoms with van der Waals surface area (Å²) in [7, 11) is 1.36. The van der Waals surface area contributed by atoms with Gasteiger partial charge in [-0.2, -0.15) is 0 Å². The van der Waals surface area contributed by atoms with Crippen LogP contribution in [0.5, 0.6) is 5.88 Å². The Hall–Kier alpha value is -1.62. The quantitative estimate of drug-likeness (QED) is 0.760. The zero-order chi connectivity index (χ0) is 14.3. The van der Waals surface area contributed by atoms with Crippen molar-refractivity contribution in [3.05, 3.63) is 23.9 Å². The number of esters is 1. The van der Waals surface area contributed by atoms with Crippen molar-refractivity contribution in [1.29, 1.82) is 0 Å². The van der Waals surface area contributed by atoms with E-state index in [0.29, 0.717) is 18.7 Å². The number of carbonyl (C=O) groups is 1. The average molecular weight is 267 g/mol. The van der Waals surface area contributed by atoms with E-state index in [4.69, 9.17) is 14.6 Å². The van der Waals surface area contributed by atoms with Gasteiger partial charge in [-0.3, -0.25) is 4.79 Å². The van der Waals surface area contributed by atoms with Gasteiger partial charge >= 0.3 is 5.97 Å². The Morgan fingerprint density at radius 2 is 2.16 bits per heavy atom. The van der Waals surface area contributed by atoms with E-state index in [1.54, 1.807) is 19.9 Å². The third kappa shape index (κ3) is 4.87. The van der Waals surface area contributed by atoms with Crippen molar-refractivity contribution in [3.63, 3.8) is 0 Å². The standard InChI is InChI=1S/C14H21NO4/c1-14(2,13(17)18-3)10-19-12-8-4-6-11(15-12)7-5-9-16/h4,6,8,16H,5,7,9-10H2,1-3H3. The van der Waals surface area contributed by atoms with Gasteiger partial charge < -0.3 is 14.6 Å². The van der Waals surface area contributed by atoms with Crippen molar-refractivity contribution in [2.45, 2.75) is 26.7 Å². The summed E-state index contributed by atoms with van der Waals surface area (Å²) in [5, 5.41) is 8.78. The average Bonchev–Trinajstić information content (AvgIpc) is 2.42. The molecule has 5 nitrogen and oxygen atoms in total. The van der Waals surface area contributed by atoms with Crippen molar-refractivity contribution >= 4 is 5.97 Å². The summed E-state index contributed by atoms with van der Waals surface area (Å²) >= 11 is 0. The van der Waals surface area contributed by atoms with Crippen LogP contribution in [0.4, 0.5) is 0 Å². The van der Waals surface area contributed by atoms with Gasteiger partial charge in [0.05, 0.1) is 12.5 Å². The maximum Gasteiger partial charge on any atom is 0.314 e. The number of hydrogen-bond acceptors (Lipinski definition) is 5. The predicted molar refractivity (Wildman–Crippen MR) is 70.9 cm³/mol. The van der Waals surface area contributed by atoms with Crippen LogP contribution in [0.2, 0.25) is 0 Å². The highest BCUT2D eigenvalue weighted by molar-refractivity contribution is 5.75. The molecule has 0 unspecified atom stereocenters. The molecule has 0 saturated carbocycles. The number of pyridine rings is 1. The van der Waals surface area contributed by atoms with Gasteiger partial charge in [0.25, 0.3) is 0 Å². The van der Waals surface area contributed by atoms with E-state index in [1.807, 2.05) is 12.1 Å². The molecule has 0 atom stereocenters. The van der Waals surface area contributed by atoms with Crippen LogP contribution >= 0.6 is 0 Å². The second-order valence-electron chi connectivity index (χ2n) is 4.96. The van der Waals surface area contributed by atoms with Gasteiger partial charge in [0.15, 0.2) is 0 Å². The normalized spacial score (nSPS) is 11.2. The molecule has 1 heterocycles. The highest BCUT2D eigenvalue weighted by Crippen LogP contribution is 2.19. The maximum absolute atomic E-state index is 11.5. The number of aromatic nitrogens is 1. The van der Waals surface area contributed by atoms with Gasteiger partial charge in [0, 0.05) is 18.4 Å². The number of nitrogens with zero attached hydrogens (tertiary/aromatic N) is 1. The number of aryl methyl sites for hydroxylation is 1. The summed E-state index contributed by atoms with van der Waals surface area (Å²) in [6, 6.07) is 5.48. The van der Waals surface area contributed by atoms with E-state index < -0.39 is 5.41 Å². The van der Waals surface area contributed by atoms with Gasteiger partial charge in [-0.25, -0.2) is 4.98 Å². The lowest BCUT2D eigenvalue weighted by atomic mass is 9.95. The summed E-state index contributed by atoms with van der Waals surface area (Å²) in [4.78, 5) is 15.8. The molecular weight excluding hydrogens is 246 g/mol. The zero-order valence-electron chi connectivity index (χ0n) is 11.7. The summed E-state index contributed by atoms with van der Waals surface area (Å²) in [5.41, 5.74) is 0.153. The predicted octanol–water partition coefficient (Wildman–Crippen LogP) is 1.58. The van der Waals surface area contributed by atoms with Gasteiger partial charge in [-0.1, -0.05) is 6.07 Å². The first-order chi connectivity index (χ1) is 8.99. The highest BCUT2D eigenvalue weighted by atomic mass is 16.5. The first kappa shape index (κ1) is 15.4. The number of methoxy groups -OCH3 is 1. The minimum Gasteiger partial charge on any atom is -0.476 e. The molecule has 0 fully saturated rings. The topological polar surface area (TPSA) is 68.7 Å². The molecule has 106 valence electrons. The minimum absolute atomic E-state index is 0.141. The molecule has 0 aromatic carbocycles. The SMILES string of the molecule is COC(=O)C(C)(C)COc1cccc(CCCO)n1. The Morgan fingerprint density at radius 3 is 2.79 bits per heavy atom. The van der Waals surface area contributed by atoms with Gasteiger partial charge in [0.1, 0.15) is 6.61 Å².